The molecule has 0 aliphatic carbocycles. The van der Waals surface area contributed by atoms with Crippen molar-refractivity contribution in [1.29, 1.82) is 0 Å². The number of ether oxygens (including phenoxy) is 4. The van der Waals surface area contributed by atoms with Crippen molar-refractivity contribution in [2.24, 2.45) is 0 Å². The summed E-state index contributed by atoms with van der Waals surface area (Å²) in [6.45, 7) is 16.8. The average molecular weight is 549 g/mol. The van der Waals surface area contributed by atoms with Gasteiger partial charge in [-0.1, -0.05) is 45.9 Å². The molecule has 218 valence electrons. The van der Waals surface area contributed by atoms with Gasteiger partial charge in [-0.15, -0.1) is 0 Å². The van der Waals surface area contributed by atoms with Gasteiger partial charge >= 0.3 is 0 Å². The zero-order valence-electron chi connectivity index (χ0n) is 25.6. The number of nitrogens with one attached hydrogen (secondary N) is 1. The van der Waals surface area contributed by atoms with Crippen molar-refractivity contribution in [3.63, 3.8) is 0 Å². The third kappa shape index (κ3) is 8.73. The van der Waals surface area contributed by atoms with Crippen molar-refractivity contribution in [3.8, 4) is 23.0 Å². The Hall–Kier alpha value is -3.54. The topological polar surface area (TPSA) is 52.2 Å². The molecule has 0 aliphatic rings. The number of hydrogen-bond acceptors (Lipinski definition) is 6. The molecular formula is C34H48N2O4. The van der Waals surface area contributed by atoms with Gasteiger partial charge in [-0.25, -0.2) is 0 Å². The highest BCUT2D eigenvalue weighted by molar-refractivity contribution is 5.72. The highest BCUT2D eigenvalue weighted by Crippen LogP contribution is 2.40. The molecule has 3 aromatic carbocycles. The first-order chi connectivity index (χ1) is 19.3. The summed E-state index contributed by atoms with van der Waals surface area (Å²) in [4.78, 5) is 0. The van der Waals surface area contributed by atoms with E-state index in [2.05, 4.69) is 72.9 Å². The Labute approximate surface area is 241 Å². The van der Waals surface area contributed by atoms with E-state index in [4.69, 9.17) is 18.9 Å². The fourth-order valence-corrected chi connectivity index (χ4v) is 3.77. The Balaban J connectivity index is 2.11. The minimum absolute atomic E-state index is 0.0533. The van der Waals surface area contributed by atoms with E-state index in [9.17, 15) is 0 Å². The number of anilines is 3. The maximum absolute atomic E-state index is 6.36. The first kappa shape index (κ1) is 31.0. The molecular weight excluding hydrogens is 500 g/mol. The fraction of sp³-hybridized carbons (Fsp3) is 0.471. The molecule has 0 bridgehead atoms. The number of hydrazine groups is 1. The van der Waals surface area contributed by atoms with E-state index in [-0.39, 0.29) is 24.4 Å². The van der Waals surface area contributed by atoms with Gasteiger partial charge in [0.15, 0.2) is 23.0 Å². The normalized spacial score (nSPS) is 14.0. The van der Waals surface area contributed by atoms with Gasteiger partial charge < -0.3 is 18.9 Å². The Morgan fingerprint density at radius 3 is 1.27 bits per heavy atom. The van der Waals surface area contributed by atoms with Crippen LogP contribution in [0.5, 0.6) is 23.0 Å². The van der Waals surface area contributed by atoms with E-state index in [0.717, 1.165) is 65.7 Å². The van der Waals surface area contributed by atoms with Gasteiger partial charge in [-0.3, -0.25) is 10.4 Å². The van der Waals surface area contributed by atoms with Crippen LogP contribution in [0.15, 0.2) is 66.7 Å². The summed E-state index contributed by atoms with van der Waals surface area (Å²) in [6, 6.07) is 22.3. The van der Waals surface area contributed by atoms with Gasteiger partial charge in [0, 0.05) is 12.1 Å². The molecule has 0 aromatic heterocycles. The lowest BCUT2D eigenvalue weighted by Gasteiger charge is -2.29. The molecule has 0 saturated heterocycles. The summed E-state index contributed by atoms with van der Waals surface area (Å²) in [5.74, 6) is 2.94. The summed E-state index contributed by atoms with van der Waals surface area (Å²) in [6.07, 6.45) is 3.89. The summed E-state index contributed by atoms with van der Waals surface area (Å²) in [7, 11) is 0. The van der Waals surface area contributed by atoms with Crippen LogP contribution in [-0.4, -0.2) is 24.4 Å². The molecule has 0 heterocycles. The van der Waals surface area contributed by atoms with E-state index >= 15 is 0 Å². The molecule has 3 rings (SSSR count). The molecule has 0 aliphatic heterocycles. The van der Waals surface area contributed by atoms with Gasteiger partial charge in [0.2, 0.25) is 0 Å². The number of nitrogens with zero attached hydrogens (tertiary/aromatic N) is 1. The van der Waals surface area contributed by atoms with Crippen LogP contribution < -0.4 is 29.4 Å². The zero-order chi connectivity index (χ0) is 29.1. The van der Waals surface area contributed by atoms with E-state index in [0.29, 0.717) is 0 Å². The second kappa shape index (κ2) is 15.3. The predicted octanol–water partition coefficient (Wildman–Crippen LogP) is 9.56. The molecule has 0 spiro atoms. The van der Waals surface area contributed by atoms with Crippen molar-refractivity contribution in [2.75, 3.05) is 10.4 Å². The highest BCUT2D eigenvalue weighted by atomic mass is 16.5. The van der Waals surface area contributed by atoms with Crippen LogP contribution in [0.3, 0.4) is 0 Å². The maximum atomic E-state index is 6.36. The Bertz CT molecular complexity index is 1100. The molecule has 1 N–H and O–H groups in total. The third-order valence-corrected chi connectivity index (χ3v) is 7.00. The van der Waals surface area contributed by atoms with Crippen molar-refractivity contribution in [2.45, 2.75) is 105 Å². The molecule has 6 nitrogen and oxygen atoms in total. The van der Waals surface area contributed by atoms with Gasteiger partial charge in [-0.05, 0) is 89.8 Å². The van der Waals surface area contributed by atoms with Crippen molar-refractivity contribution >= 4 is 17.1 Å². The largest absolute Gasteiger partial charge is 0.487 e. The minimum Gasteiger partial charge on any atom is -0.487 e. The molecule has 0 fully saturated rings. The maximum Gasteiger partial charge on any atom is 0.163 e. The van der Waals surface area contributed by atoms with Gasteiger partial charge in [0.05, 0.1) is 41.5 Å². The van der Waals surface area contributed by atoms with Gasteiger partial charge in [-0.2, -0.15) is 0 Å². The molecule has 3 aromatic rings. The molecule has 0 saturated carbocycles. The third-order valence-electron chi connectivity index (χ3n) is 7.00. The number of rotatable bonds is 16. The lowest BCUT2D eigenvalue weighted by atomic mass is 10.2. The van der Waals surface area contributed by atoms with Crippen LogP contribution in [0.25, 0.3) is 0 Å². The number of benzene rings is 3. The SMILES string of the molecule is CCC(C)Oc1ccc(N(Nc2ccccc2)c2ccc(OC(C)CC)c(OC(C)CC)c2)cc1OC(C)CC. The van der Waals surface area contributed by atoms with Gasteiger partial charge in [0.25, 0.3) is 0 Å². The number of hydrogen-bond donors (Lipinski definition) is 1. The van der Waals surface area contributed by atoms with E-state index < -0.39 is 0 Å². The van der Waals surface area contributed by atoms with Crippen molar-refractivity contribution < 1.29 is 18.9 Å². The van der Waals surface area contributed by atoms with Crippen LogP contribution >= 0.6 is 0 Å². The van der Waals surface area contributed by atoms with Crippen LogP contribution in [0.4, 0.5) is 17.1 Å². The fourth-order valence-electron chi connectivity index (χ4n) is 3.77. The van der Waals surface area contributed by atoms with E-state index in [1.807, 2.05) is 59.6 Å². The van der Waals surface area contributed by atoms with Crippen LogP contribution in [0, 0.1) is 0 Å². The Kier molecular flexibility index (Phi) is 11.9. The van der Waals surface area contributed by atoms with Crippen molar-refractivity contribution in [3.05, 3.63) is 66.7 Å². The minimum atomic E-state index is 0.0533. The van der Waals surface area contributed by atoms with E-state index in [1.165, 1.54) is 0 Å². The average Bonchev–Trinajstić information content (AvgIpc) is 2.97. The summed E-state index contributed by atoms with van der Waals surface area (Å²) < 4.78 is 25.2. The van der Waals surface area contributed by atoms with E-state index in [1.54, 1.807) is 0 Å². The lowest BCUT2D eigenvalue weighted by Crippen LogP contribution is -2.25. The Morgan fingerprint density at radius 2 is 0.900 bits per heavy atom. The smallest absolute Gasteiger partial charge is 0.163 e. The summed E-state index contributed by atoms with van der Waals surface area (Å²) in [5, 5.41) is 2.04. The molecule has 4 atom stereocenters. The zero-order valence-corrected chi connectivity index (χ0v) is 25.6. The van der Waals surface area contributed by atoms with Gasteiger partial charge in [0.1, 0.15) is 0 Å². The van der Waals surface area contributed by atoms with Crippen LogP contribution in [0.1, 0.15) is 81.1 Å². The first-order valence-corrected chi connectivity index (χ1v) is 14.8. The van der Waals surface area contributed by atoms with Crippen molar-refractivity contribution in [1.82, 2.24) is 0 Å². The molecule has 40 heavy (non-hydrogen) atoms. The second-order valence-electron chi connectivity index (χ2n) is 10.4. The predicted molar refractivity (Wildman–Crippen MR) is 167 cm³/mol. The molecule has 6 heteroatoms. The number of para-hydroxylation sites is 1. The summed E-state index contributed by atoms with van der Waals surface area (Å²) in [5.41, 5.74) is 6.35. The van der Waals surface area contributed by atoms with Crippen LogP contribution in [0.2, 0.25) is 0 Å². The monoisotopic (exact) mass is 548 g/mol. The quantitative estimate of drug-likeness (QED) is 0.180. The highest BCUT2D eigenvalue weighted by Gasteiger charge is 2.20. The molecule has 0 radical (unpaired) electrons. The lowest BCUT2D eigenvalue weighted by molar-refractivity contribution is 0.177. The van der Waals surface area contributed by atoms with Crippen LogP contribution in [-0.2, 0) is 0 Å². The summed E-state index contributed by atoms with van der Waals surface area (Å²) >= 11 is 0. The second-order valence-corrected chi connectivity index (χ2v) is 10.4. The Morgan fingerprint density at radius 1 is 0.525 bits per heavy atom. The molecule has 0 amide bonds. The standard InChI is InChI=1S/C34H48N2O4/c1-9-24(5)37-31-20-18-29(22-33(31)39-26(7)11-3)36(35-28-16-14-13-15-17-28)30-19-21-32(38-25(6)10-2)34(23-30)40-27(8)12-4/h13-27,35H,9-12H2,1-8H3. The molecule has 4 unspecified atom stereocenters. The first-order valence-electron chi connectivity index (χ1n) is 14.8.